The number of nitrogens with one attached hydrogen (secondary N) is 3. The van der Waals surface area contributed by atoms with Crippen LogP contribution in [0.1, 0.15) is 30.5 Å². The maximum absolute atomic E-state index is 12.4. The maximum atomic E-state index is 12.4. The van der Waals surface area contributed by atoms with Crippen molar-refractivity contribution in [3.63, 3.8) is 0 Å². The van der Waals surface area contributed by atoms with E-state index in [2.05, 4.69) is 34.1 Å². The van der Waals surface area contributed by atoms with Gasteiger partial charge in [0.05, 0.1) is 0 Å². The number of aryl methyl sites for hydroxylation is 1. The van der Waals surface area contributed by atoms with E-state index < -0.39 is 0 Å². The molecule has 5 heteroatoms. The van der Waals surface area contributed by atoms with Gasteiger partial charge in [-0.1, -0.05) is 19.1 Å². The van der Waals surface area contributed by atoms with Crippen LogP contribution in [-0.4, -0.2) is 16.9 Å². The second-order valence-corrected chi connectivity index (χ2v) is 5.45. The summed E-state index contributed by atoms with van der Waals surface area (Å²) >= 11 is 0. The number of hydrogen-bond donors (Lipinski definition) is 3. The number of rotatable bonds is 4. The molecule has 0 spiro atoms. The molecule has 1 aliphatic rings. The summed E-state index contributed by atoms with van der Waals surface area (Å²) in [4.78, 5) is 16.4. The number of hydrogen-bond acceptors (Lipinski definition) is 4. The fraction of sp³-hybridized carbons (Fsp3) is 0.294. The fourth-order valence-electron chi connectivity index (χ4n) is 2.64. The molecule has 2 heterocycles. The van der Waals surface area contributed by atoms with Crippen molar-refractivity contribution in [2.45, 2.75) is 31.8 Å². The van der Waals surface area contributed by atoms with Crippen LogP contribution < -0.4 is 16.2 Å². The van der Waals surface area contributed by atoms with E-state index in [0.717, 1.165) is 17.7 Å². The summed E-state index contributed by atoms with van der Waals surface area (Å²) in [6.45, 7) is 2.10. The number of hydrazine groups is 1. The molecular formula is C17H20N4O. The first-order valence-corrected chi connectivity index (χ1v) is 7.57. The van der Waals surface area contributed by atoms with Crippen LogP contribution in [0, 0.1) is 0 Å². The first-order valence-electron chi connectivity index (χ1n) is 7.57. The van der Waals surface area contributed by atoms with E-state index in [-0.39, 0.29) is 18.0 Å². The quantitative estimate of drug-likeness (QED) is 0.809. The first-order chi connectivity index (χ1) is 10.8. The van der Waals surface area contributed by atoms with E-state index >= 15 is 0 Å². The Bertz CT molecular complexity index is 644. The van der Waals surface area contributed by atoms with Crippen molar-refractivity contribution in [2.75, 3.05) is 5.32 Å². The summed E-state index contributed by atoms with van der Waals surface area (Å²) in [6.07, 6.45) is 5.20. The third-order valence-corrected chi connectivity index (χ3v) is 3.93. The zero-order valence-corrected chi connectivity index (χ0v) is 12.5. The van der Waals surface area contributed by atoms with Crippen molar-refractivity contribution >= 4 is 11.6 Å². The van der Waals surface area contributed by atoms with Gasteiger partial charge in [-0.2, -0.15) is 0 Å². The Balaban J connectivity index is 1.62. The number of carbonyl (C=O) groups is 1. The molecule has 3 N–H and O–H groups in total. The van der Waals surface area contributed by atoms with Gasteiger partial charge in [-0.3, -0.25) is 9.78 Å². The molecule has 5 nitrogen and oxygen atoms in total. The van der Waals surface area contributed by atoms with Crippen molar-refractivity contribution in [1.82, 2.24) is 15.8 Å². The third-order valence-electron chi connectivity index (χ3n) is 3.93. The van der Waals surface area contributed by atoms with Crippen LogP contribution >= 0.6 is 0 Å². The Labute approximate surface area is 130 Å². The largest absolute Gasteiger partial charge is 0.325 e. The lowest BCUT2D eigenvalue weighted by molar-refractivity contribution is -0.117. The van der Waals surface area contributed by atoms with Crippen LogP contribution in [0.25, 0.3) is 0 Å². The molecule has 2 aromatic rings. The Morgan fingerprint density at radius 3 is 2.86 bits per heavy atom. The highest BCUT2D eigenvalue weighted by Crippen LogP contribution is 2.22. The number of anilines is 1. The lowest BCUT2D eigenvalue weighted by Crippen LogP contribution is -2.39. The highest BCUT2D eigenvalue weighted by Gasteiger charge is 2.30. The Kier molecular flexibility index (Phi) is 4.46. The van der Waals surface area contributed by atoms with E-state index in [1.807, 2.05) is 30.3 Å². The first kappa shape index (κ1) is 14.7. The second-order valence-electron chi connectivity index (χ2n) is 5.45. The fourth-order valence-corrected chi connectivity index (χ4v) is 2.64. The van der Waals surface area contributed by atoms with E-state index in [4.69, 9.17) is 0 Å². The van der Waals surface area contributed by atoms with Crippen molar-refractivity contribution in [3.05, 3.63) is 59.9 Å². The molecule has 0 aliphatic carbocycles. The molecule has 0 radical (unpaired) electrons. The topological polar surface area (TPSA) is 66.0 Å². The molecule has 2 unspecified atom stereocenters. The molecule has 3 rings (SSSR count). The highest BCUT2D eigenvalue weighted by atomic mass is 16.2. The van der Waals surface area contributed by atoms with Crippen LogP contribution in [0.3, 0.4) is 0 Å². The maximum Gasteiger partial charge on any atom is 0.242 e. The minimum absolute atomic E-state index is 0.0164. The zero-order chi connectivity index (χ0) is 15.4. The number of aromatic nitrogens is 1. The Hall–Kier alpha value is -2.24. The molecule has 1 aromatic carbocycles. The van der Waals surface area contributed by atoms with Gasteiger partial charge in [0, 0.05) is 24.1 Å². The lowest BCUT2D eigenvalue weighted by Gasteiger charge is -2.11. The molecule has 22 heavy (non-hydrogen) atoms. The Morgan fingerprint density at radius 2 is 2.09 bits per heavy atom. The van der Waals surface area contributed by atoms with Gasteiger partial charge in [0.1, 0.15) is 6.04 Å². The van der Waals surface area contributed by atoms with Crippen molar-refractivity contribution in [1.29, 1.82) is 0 Å². The molecule has 1 fully saturated rings. The minimum Gasteiger partial charge on any atom is -0.325 e. The zero-order valence-electron chi connectivity index (χ0n) is 12.5. The smallest absolute Gasteiger partial charge is 0.242 e. The lowest BCUT2D eigenvalue weighted by atomic mass is 10.0. The number of pyridine rings is 1. The standard InChI is InChI=1S/C17H20N4O/c1-2-12-4-3-5-14(10-12)19-17(22)16-11-15(20-21-16)13-6-8-18-9-7-13/h3-10,15-16,20-21H,2,11H2,1H3,(H,19,22). The van der Waals surface area contributed by atoms with Crippen LogP contribution in [0.2, 0.25) is 0 Å². The van der Waals surface area contributed by atoms with Gasteiger partial charge in [-0.25, -0.2) is 10.9 Å². The third kappa shape index (κ3) is 3.32. The summed E-state index contributed by atoms with van der Waals surface area (Å²) in [5.74, 6) is -0.0164. The van der Waals surface area contributed by atoms with Gasteiger partial charge < -0.3 is 5.32 Å². The van der Waals surface area contributed by atoms with E-state index in [9.17, 15) is 4.79 Å². The summed E-state index contributed by atoms with van der Waals surface area (Å²) in [5, 5.41) is 2.98. The van der Waals surface area contributed by atoms with Crippen molar-refractivity contribution in [2.24, 2.45) is 0 Å². The highest BCUT2D eigenvalue weighted by molar-refractivity contribution is 5.95. The van der Waals surface area contributed by atoms with E-state index in [1.54, 1.807) is 12.4 Å². The number of carbonyl (C=O) groups excluding carboxylic acids is 1. The van der Waals surface area contributed by atoms with E-state index in [0.29, 0.717) is 6.42 Å². The molecule has 1 aromatic heterocycles. The summed E-state index contributed by atoms with van der Waals surface area (Å²) < 4.78 is 0. The van der Waals surface area contributed by atoms with Gasteiger partial charge in [-0.15, -0.1) is 0 Å². The second kappa shape index (κ2) is 6.68. The molecular weight excluding hydrogens is 276 g/mol. The summed E-state index contributed by atoms with van der Waals surface area (Å²) in [7, 11) is 0. The number of amides is 1. The molecule has 1 saturated heterocycles. The van der Waals surface area contributed by atoms with Crippen LogP contribution in [0.5, 0.6) is 0 Å². The van der Waals surface area contributed by atoms with E-state index in [1.165, 1.54) is 5.56 Å². The van der Waals surface area contributed by atoms with Crippen LogP contribution in [0.4, 0.5) is 5.69 Å². The van der Waals surface area contributed by atoms with Crippen LogP contribution in [0.15, 0.2) is 48.8 Å². The predicted molar refractivity (Wildman–Crippen MR) is 86.1 cm³/mol. The summed E-state index contributed by atoms with van der Waals surface area (Å²) in [5.41, 5.74) is 9.43. The van der Waals surface area contributed by atoms with Gasteiger partial charge >= 0.3 is 0 Å². The number of benzene rings is 1. The average Bonchev–Trinajstić information content (AvgIpc) is 3.06. The molecule has 114 valence electrons. The molecule has 0 bridgehead atoms. The summed E-state index contributed by atoms with van der Waals surface area (Å²) in [6, 6.07) is 11.8. The van der Waals surface area contributed by atoms with Gasteiger partial charge in [0.2, 0.25) is 5.91 Å². The van der Waals surface area contributed by atoms with Crippen LogP contribution in [-0.2, 0) is 11.2 Å². The minimum atomic E-state index is -0.247. The SMILES string of the molecule is CCc1cccc(NC(=O)C2CC(c3ccncc3)NN2)c1. The van der Waals surface area contributed by atoms with Crippen molar-refractivity contribution < 1.29 is 4.79 Å². The predicted octanol–water partition coefficient (Wildman–Crippen LogP) is 2.19. The molecule has 2 atom stereocenters. The van der Waals surface area contributed by atoms with Gasteiger partial charge in [-0.05, 0) is 48.2 Å². The van der Waals surface area contributed by atoms with Gasteiger partial charge in [0.25, 0.3) is 0 Å². The average molecular weight is 296 g/mol. The normalized spacial score (nSPS) is 20.8. The molecule has 0 saturated carbocycles. The molecule has 1 amide bonds. The number of nitrogens with zero attached hydrogens (tertiary/aromatic N) is 1. The van der Waals surface area contributed by atoms with Gasteiger partial charge in [0.15, 0.2) is 0 Å². The Morgan fingerprint density at radius 1 is 1.27 bits per heavy atom. The monoisotopic (exact) mass is 296 g/mol. The molecule has 1 aliphatic heterocycles. The van der Waals surface area contributed by atoms with Crippen molar-refractivity contribution in [3.8, 4) is 0 Å².